The van der Waals surface area contributed by atoms with Gasteiger partial charge in [0.25, 0.3) is 0 Å². The van der Waals surface area contributed by atoms with Crippen molar-refractivity contribution in [2.75, 3.05) is 45.9 Å². The predicted octanol–water partition coefficient (Wildman–Crippen LogP) is 0.703. The molecule has 1 aliphatic heterocycles. The van der Waals surface area contributed by atoms with E-state index in [0.717, 1.165) is 12.8 Å². The molecule has 0 aromatic carbocycles. The number of nitrogens with two attached hydrogens (primary N) is 1. The van der Waals surface area contributed by atoms with Crippen LogP contribution in [0.3, 0.4) is 0 Å². The van der Waals surface area contributed by atoms with Crippen molar-refractivity contribution >= 4 is 23.6 Å². The molecule has 1 saturated heterocycles. The number of piperazine rings is 1. The number of ether oxygens (including phenoxy) is 1. The summed E-state index contributed by atoms with van der Waals surface area (Å²) < 4.78 is 5.32. The maximum absolute atomic E-state index is 12.6. The van der Waals surface area contributed by atoms with Crippen LogP contribution in [0, 0.1) is 5.41 Å². The van der Waals surface area contributed by atoms with Gasteiger partial charge in [-0.25, -0.2) is 0 Å². The number of rotatable bonds is 12. The maximum Gasteiger partial charge on any atom is 0.305 e. The van der Waals surface area contributed by atoms with Gasteiger partial charge in [0.05, 0.1) is 12.6 Å². The molecular formula is C22H40N4O5. The smallest absolute Gasteiger partial charge is 0.305 e. The normalized spacial score (nSPS) is 17.3. The van der Waals surface area contributed by atoms with Gasteiger partial charge in [-0.2, -0.15) is 0 Å². The first-order valence-corrected chi connectivity index (χ1v) is 11.3. The van der Waals surface area contributed by atoms with E-state index in [9.17, 15) is 19.2 Å². The van der Waals surface area contributed by atoms with Crippen molar-refractivity contribution in [3.05, 3.63) is 0 Å². The van der Waals surface area contributed by atoms with Gasteiger partial charge in [-0.3, -0.25) is 24.1 Å². The Hall–Kier alpha value is -2.00. The molecule has 0 aromatic heterocycles. The lowest BCUT2D eigenvalue weighted by atomic mass is 9.90. The summed E-state index contributed by atoms with van der Waals surface area (Å²) in [7, 11) is 0. The first-order chi connectivity index (χ1) is 14.6. The molecule has 1 fully saturated rings. The van der Waals surface area contributed by atoms with Crippen LogP contribution in [-0.2, 0) is 23.9 Å². The summed E-state index contributed by atoms with van der Waals surface area (Å²) >= 11 is 0. The van der Waals surface area contributed by atoms with Crippen LogP contribution in [0.1, 0.15) is 59.8 Å². The number of ketones is 1. The largest absolute Gasteiger partial charge is 0.464 e. The van der Waals surface area contributed by atoms with Gasteiger partial charge in [-0.05, 0) is 19.4 Å². The molecule has 0 aliphatic carbocycles. The van der Waals surface area contributed by atoms with Crippen molar-refractivity contribution in [2.24, 2.45) is 11.1 Å². The van der Waals surface area contributed by atoms with Crippen molar-refractivity contribution in [1.29, 1.82) is 0 Å². The monoisotopic (exact) mass is 440 g/mol. The number of nitrogens with one attached hydrogen (secondary N) is 1. The second kappa shape index (κ2) is 13.4. The summed E-state index contributed by atoms with van der Waals surface area (Å²) in [5, 5.41) is 2.77. The van der Waals surface area contributed by atoms with E-state index in [0.29, 0.717) is 39.1 Å². The molecule has 9 heteroatoms. The lowest BCUT2D eigenvalue weighted by Gasteiger charge is -2.41. The van der Waals surface area contributed by atoms with E-state index in [1.807, 2.05) is 25.7 Å². The molecule has 3 N–H and O–H groups in total. The molecule has 1 heterocycles. The lowest BCUT2D eigenvalue weighted by molar-refractivity contribution is -0.147. The van der Waals surface area contributed by atoms with Gasteiger partial charge in [0.15, 0.2) is 5.78 Å². The summed E-state index contributed by atoms with van der Waals surface area (Å²) in [5.41, 5.74) is 4.96. The van der Waals surface area contributed by atoms with Crippen LogP contribution in [-0.4, -0.2) is 85.3 Å². The Morgan fingerprint density at radius 2 is 1.81 bits per heavy atom. The Labute approximate surface area is 186 Å². The van der Waals surface area contributed by atoms with Gasteiger partial charge < -0.3 is 20.7 Å². The molecule has 178 valence electrons. The molecule has 1 unspecified atom stereocenters. The van der Waals surface area contributed by atoms with E-state index in [4.69, 9.17) is 10.5 Å². The van der Waals surface area contributed by atoms with Gasteiger partial charge in [0.1, 0.15) is 6.61 Å². The topological polar surface area (TPSA) is 122 Å². The minimum absolute atomic E-state index is 0.0594. The van der Waals surface area contributed by atoms with Crippen molar-refractivity contribution in [1.82, 2.24) is 15.1 Å². The average molecular weight is 441 g/mol. The van der Waals surface area contributed by atoms with Crippen molar-refractivity contribution in [3.63, 3.8) is 0 Å². The molecule has 0 bridgehead atoms. The Bertz CT molecular complexity index is 618. The maximum atomic E-state index is 12.6. The fourth-order valence-corrected chi connectivity index (χ4v) is 3.18. The Morgan fingerprint density at radius 3 is 2.42 bits per heavy atom. The Balaban J connectivity index is 2.59. The minimum Gasteiger partial charge on any atom is -0.464 e. The van der Waals surface area contributed by atoms with E-state index >= 15 is 0 Å². The van der Waals surface area contributed by atoms with Gasteiger partial charge in [-0.1, -0.05) is 27.7 Å². The van der Waals surface area contributed by atoms with Crippen molar-refractivity contribution < 1.29 is 23.9 Å². The molecule has 2 amide bonds. The van der Waals surface area contributed by atoms with E-state index in [1.54, 1.807) is 11.8 Å². The van der Waals surface area contributed by atoms with E-state index in [-0.39, 0.29) is 55.6 Å². The summed E-state index contributed by atoms with van der Waals surface area (Å²) in [5.74, 6) is -0.327. The summed E-state index contributed by atoms with van der Waals surface area (Å²) in [4.78, 5) is 52.3. The third kappa shape index (κ3) is 10.2. The van der Waals surface area contributed by atoms with Crippen LogP contribution in [0.15, 0.2) is 0 Å². The van der Waals surface area contributed by atoms with Crippen LogP contribution in [0.2, 0.25) is 0 Å². The number of hydrogen-bond acceptors (Lipinski definition) is 7. The van der Waals surface area contributed by atoms with Crippen LogP contribution >= 0.6 is 0 Å². The van der Waals surface area contributed by atoms with Crippen LogP contribution in [0.4, 0.5) is 0 Å². The second-order valence-electron chi connectivity index (χ2n) is 9.02. The number of Topliss-reactive ketones (excluding diaryl/α,β-unsaturated/α-hetero) is 1. The van der Waals surface area contributed by atoms with E-state index in [2.05, 4.69) is 5.32 Å². The quantitative estimate of drug-likeness (QED) is 0.338. The molecule has 0 radical (unpaired) electrons. The third-order valence-corrected chi connectivity index (χ3v) is 5.38. The van der Waals surface area contributed by atoms with Gasteiger partial charge >= 0.3 is 5.97 Å². The lowest BCUT2D eigenvalue weighted by Crippen LogP contribution is -2.58. The number of amides is 2. The fraction of sp³-hybridized carbons (Fsp3) is 0.818. The number of esters is 1. The van der Waals surface area contributed by atoms with Crippen molar-refractivity contribution in [3.8, 4) is 0 Å². The molecule has 1 atom stereocenters. The number of hydrogen-bond donors (Lipinski definition) is 2. The first kappa shape index (κ1) is 27.0. The summed E-state index contributed by atoms with van der Waals surface area (Å²) in [6.45, 7) is 10.0. The molecule has 9 nitrogen and oxygen atoms in total. The molecule has 31 heavy (non-hydrogen) atoms. The average Bonchev–Trinajstić information content (AvgIpc) is 2.72. The summed E-state index contributed by atoms with van der Waals surface area (Å²) in [6, 6.07) is -0.231. The highest BCUT2D eigenvalue weighted by atomic mass is 16.5. The van der Waals surface area contributed by atoms with Crippen LogP contribution in [0.25, 0.3) is 0 Å². The third-order valence-electron chi connectivity index (χ3n) is 5.38. The summed E-state index contributed by atoms with van der Waals surface area (Å²) in [6.07, 6.45) is 2.45. The van der Waals surface area contributed by atoms with Gasteiger partial charge in [0.2, 0.25) is 11.8 Å². The molecule has 0 aromatic rings. The highest BCUT2D eigenvalue weighted by molar-refractivity contribution is 5.85. The fourth-order valence-electron chi connectivity index (χ4n) is 3.18. The molecular weight excluding hydrogens is 400 g/mol. The van der Waals surface area contributed by atoms with Gasteiger partial charge in [0, 0.05) is 50.9 Å². The Morgan fingerprint density at radius 1 is 1.10 bits per heavy atom. The number of unbranched alkanes of at least 4 members (excludes halogenated alkanes) is 1. The zero-order valence-electron chi connectivity index (χ0n) is 19.6. The standard InChI is InChI=1S/C22H40N4O5/c1-5-21(30)31-16-17-14-26(13-12-25(17)15-18(27)22(2,3)4)20(29)9-11-24-19(28)8-6-7-10-23/h17H,5-16,23H2,1-4H3,(H,24,28). The van der Waals surface area contributed by atoms with Crippen molar-refractivity contribution in [2.45, 2.75) is 65.8 Å². The van der Waals surface area contributed by atoms with Gasteiger partial charge in [-0.15, -0.1) is 0 Å². The van der Waals surface area contributed by atoms with Crippen LogP contribution < -0.4 is 11.1 Å². The van der Waals surface area contributed by atoms with Crippen LogP contribution in [0.5, 0.6) is 0 Å². The molecule has 0 saturated carbocycles. The predicted molar refractivity (Wildman–Crippen MR) is 118 cm³/mol. The SMILES string of the molecule is CCC(=O)OCC1CN(C(=O)CCNC(=O)CCCCN)CCN1CC(=O)C(C)(C)C. The van der Waals surface area contributed by atoms with E-state index in [1.165, 1.54) is 0 Å². The first-order valence-electron chi connectivity index (χ1n) is 11.3. The number of carbonyl (C=O) groups excluding carboxylic acids is 4. The Kier molecular flexibility index (Phi) is 11.7. The zero-order chi connectivity index (χ0) is 23.4. The van der Waals surface area contributed by atoms with E-state index < -0.39 is 5.41 Å². The highest BCUT2D eigenvalue weighted by Crippen LogP contribution is 2.18. The molecule has 0 spiro atoms. The number of carbonyl (C=O) groups is 4. The second-order valence-corrected chi connectivity index (χ2v) is 9.02. The minimum atomic E-state index is -0.458. The number of nitrogens with zero attached hydrogens (tertiary/aromatic N) is 2. The molecule has 1 rings (SSSR count). The molecule has 1 aliphatic rings. The zero-order valence-corrected chi connectivity index (χ0v) is 19.6. The highest BCUT2D eigenvalue weighted by Gasteiger charge is 2.33.